The maximum Gasteiger partial charge on any atom is 0.258 e. The molecule has 2 aromatic rings. The molecule has 1 fully saturated rings. The highest BCUT2D eigenvalue weighted by Gasteiger charge is 2.42. The van der Waals surface area contributed by atoms with E-state index in [2.05, 4.69) is 24.4 Å². The van der Waals surface area contributed by atoms with Crippen LogP contribution in [0.4, 0.5) is 5.69 Å². The van der Waals surface area contributed by atoms with Gasteiger partial charge in [0.15, 0.2) is 0 Å². The summed E-state index contributed by atoms with van der Waals surface area (Å²) in [5, 5.41) is 3.56. The van der Waals surface area contributed by atoms with Crippen molar-refractivity contribution < 1.29 is 4.79 Å². The number of para-hydroxylation sites is 1. The molecule has 3 heteroatoms. The molecule has 1 heterocycles. The van der Waals surface area contributed by atoms with Crippen molar-refractivity contribution in [1.82, 2.24) is 4.90 Å². The number of carbonyl (C=O) groups excluding carboxylic acids is 1. The van der Waals surface area contributed by atoms with Crippen molar-refractivity contribution in [2.45, 2.75) is 32.0 Å². The van der Waals surface area contributed by atoms with Crippen LogP contribution in [0.5, 0.6) is 0 Å². The standard InChI is InChI=1S/C18H18N2O/c1-12-6-2-3-7-14(12)17-19-16-9-5-4-8-15(16)18(21)20(17)13-10-11-13/h2-9,13,17,19H,10-11H2,1H3/t17-/m1/s1. The molecule has 1 aliphatic carbocycles. The fourth-order valence-corrected chi connectivity index (χ4v) is 3.12. The topological polar surface area (TPSA) is 32.3 Å². The maximum atomic E-state index is 12.9. The molecule has 1 aliphatic heterocycles. The van der Waals surface area contributed by atoms with Crippen LogP contribution in [-0.2, 0) is 0 Å². The molecule has 1 atom stereocenters. The Morgan fingerprint density at radius 1 is 1.05 bits per heavy atom. The molecule has 21 heavy (non-hydrogen) atoms. The maximum absolute atomic E-state index is 12.9. The molecule has 0 spiro atoms. The minimum absolute atomic E-state index is 0.0545. The third-order valence-corrected chi connectivity index (χ3v) is 4.39. The molecule has 1 N–H and O–H groups in total. The molecule has 0 aromatic heterocycles. The zero-order valence-corrected chi connectivity index (χ0v) is 12.0. The van der Waals surface area contributed by atoms with E-state index in [9.17, 15) is 4.79 Å². The van der Waals surface area contributed by atoms with E-state index in [0.717, 1.165) is 24.1 Å². The number of aryl methyl sites for hydroxylation is 1. The van der Waals surface area contributed by atoms with Crippen LogP contribution in [0.15, 0.2) is 48.5 Å². The summed E-state index contributed by atoms with van der Waals surface area (Å²) in [7, 11) is 0. The normalized spacial score (nSPS) is 20.9. The van der Waals surface area contributed by atoms with Gasteiger partial charge < -0.3 is 10.2 Å². The number of rotatable bonds is 2. The van der Waals surface area contributed by atoms with E-state index in [1.165, 1.54) is 11.1 Å². The number of anilines is 1. The van der Waals surface area contributed by atoms with Crippen LogP contribution in [0, 0.1) is 6.92 Å². The first kappa shape index (κ1) is 12.5. The fourth-order valence-electron chi connectivity index (χ4n) is 3.12. The second-order valence-electron chi connectivity index (χ2n) is 5.89. The first-order valence-corrected chi connectivity index (χ1v) is 7.49. The SMILES string of the molecule is Cc1ccccc1[C@@H]1Nc2ccccc2C(=O)N1C1CC1. The van der Waals surface area contributed by atoms with Crippen LogP contribution in [-0.4, -0.2) is 16.8 Å². The number of amides is 1. The first-order chi connectivity index (χ1) is 10.3. The van der Waals surface area contributed by atoms with E-state index in [4.69, 9.17) is 0 Å². The van der Waals surface area contributed by atoms with Crippen molar-refractivity contribution in [3.05, 3.63) is 65.2 Å². The van der Waals surface area contributed by atoms with Gasteiger partial charge in [-0.25, -0.2) is 0 Å². The molecule has 1 amide bonds. The highest BCUT2D eigenvalue weighted by Crippen LogP contribution is 2.41. The van der Waals surface area contributed by atoms with Gasteiger partial charge in [0.2, 0.25) is 0 Å². The predicted molar refractivity (Wildman–Crippen MR) is 83.2 cm³/mol. The largest absolute Gasteiger partial charge is 0.361 e. The molecule has 0 saturated heterocycles. The van der Waals surface area contributed by atoms with Crippen molar-refractivity contribution in [3.63, 3.8) is 0 Å². The lowest BCUT2D eigenvalue weighted by Gasteiger charge is -2.39. The Morgan fingerprint density at radius 3 is 2.52 bits per heavy atom. The van der Waals surface area contributed by atoms with Crippen molar-refractivity contribution in [2.75, 3.05) is 5.32 Å². The molecule has 0 bridgehead atoms. The van der Waals surface area contributed by atoms with Crippen LogP contribution in [0.25, 0.3) is 0 Å². The van der Waals surface area contributed by atoms with Crippen molar-refractivity contribution in [1.29, 1.82) is 0 Å². The minimum Gasteiger partial charge on any atom is -0.361 e. The molecular weight excluding hydrogens is 260 g/mol. The average Bonchev–Trinajstić information content (AvgIpc) is 3.32. The Bertz CT molecular complexity index is 706. The molecular formula is C18H18N2O. The van der Waals surface area contributed by atoms with Gasteiger partial charge in [0.1, 0.15) is 6.17 Å². The first-order valence-electron chi connectivity index (χ1n) is 7.49. The van der Waals surface area contributed by atoms with E-state index >= 15 is 0 Å². The molecule has 1 saturated carbocycles. The molecule has 2 aromatic carbocycles. The second-order valence-corrected chi connectivity index (χ2v) is 5.89. The Morgan fingerprint density at radius 2 is 1.76 bits per heavy atom. The quantitative estimate of drug-likeness (QED) is 0.908. The zero-order valence-electron chi connectivity index (χ0n) is 12.0. The highest BCUT2D eigenvalue weighted by atomic mass is 16.2. The Hall–Kier alpha value is -2.29. The molecule has 106 valence electrons. The number of hydrogen-bond donors (Lipinski definition) is 1. The summed E-state index contributed by atoms with van der Waals surface area (Å²) in [6.07, 6.45) is 2.16. The molecule has 0 radical (unpaired) electrons. The van der Waals surface area contributed by atoms with Crippen LogP contribution < -0.4 is 5.32 Å². The fraction of sp³-hybridized carbons (Fsp3) is 0.278. The Kier molecular flexibility index (Phi) is 2.74. The predicted octanol–water partition coefficient (Wildman–Crippen LogP) is 3.72. The molecule has 4 rings (SSSR count). The van der Waals surface area contributed by atoms with Gasteiger partial charge in [0, 0.05) is 11.7 Å². The minimum atomic E-state index is -0.0545. The van der Waals surface area contributed by atoms with E-state index in [1.807, 2.05) is 41.3 Å². The van der Waals surface area contributed by atoms with Gasteiger partial charge in [-0.2, -0.15) is 0 Å². The summed E-state index contributed by atoms with van der Waals surface area (Å²) in [6, 6.07) is 16.5. The summed E-state index contributed by atoms with van der Waals surface area (Å²) >= 11 is 0. The number of hydrogen-bond acceptors (Lipinski definition) is 2. The summed E-state index contributed by atoms with van der Waals surface area (Å²) in [4.78, 5) is 14.9. The second kappa shape index (κ2) is 4.62. The van der Waals surface area contributed by atoms with E-state index in [0.29, 0.717) is 6.04 Å². The van der Waals surface area contributed by atoms with Crippen LogP contribution in [0.1, 0.15) is 40.5 Å². The third kappa shape index (κ3) is 2.00. The van der Waals surface area contributed by atoms with Gasteiger partial charge in [-0.1, -0.05) is 36.4 Å². The van der Waals surface area contributed by atoms with Crippen molar-refractivity contribution >= 4 is 11.6 Å². The van der Waals surface area contributed by atoms with Gasteiger partial charge in [-0.15, -0.1) is 0 Å². The molecule has 0 unspecified atom stereocenters. The Balaban J connectivity index is 1.83. The highest BCUT2D eigenvalue weighted by molar-refractivity contribution is 6.02. The summed E-state index contributed by atoms with van der Waals surface area (Å²) in [6.45, 7) is 2.10. The number of carbonyl (C=O) groups is 1. The van der Waals surface area contributed by atoms with Gasteiger partial charge in [0.25, 0.3) is 5.91 Å². The molecule has 2 aliphatic rings. The van der Waals surface area contributed by atoms with Crippen LogP contribution in [0.3, 0.4) is 0 Å². The van der Waals surface area contributed by atoms with Crippen LogP contribution in [0.2, 0.25) is 0 Å². The number of fused-ring (bicyclic) bond motifs is 1. The Labute approximate surface area is 124 Å². The van der Waals surface area contributed by atoms with Crippen LogP contribution >= 0.6 is 0 Å². The average molecular weight is 278 g/mol. The van der Waals surface area contributed by atoms with E-state index < -0.39 is 0 Å². The third-order valence-electron chi connectivity index (χ3n) is 4.39. The number of benzene rings is 2. The summed E-state index contributed by atoms with van der Waals surface area (Å²) in [5.74, 6) is 0.153. The lowest BCUT2D eigenvalue weighted by atomic mass is 10.00. The van der Waals surface area contributed by atoms with E-state index in [1.54, 1.807) is 0 Å². The lowest BCUT2D eigenvalue weighted by molar-refractivity contribution is 0.0666. The zero-order chi connectivity index (χ0) is 14.4. The van der Waals surface area contributed by atoms with Gasteiger partial charge >= 0.3 is 0 Å². The summed E-state index contributed by atoms with van der Waals surface area (Å²) in [5.41, 5.74) is 4.13. The van der Waals surface area contributed by atoms with Gasteiger partial charge in [0.05, 0.1) is 5.56 Å². The molecule has 3 nitrogen and oxygen atoms in total. The lowest BCUT2D eigenvalue weighted by Crippen LogP contribution is -2.44. The van der Waals surface area contributed by atoms with E-state index in [-0.39, 0.29) is 12.1 Å². The summed E-state index contributed by atoms with van der Waals surface area (Å²) < 4.78 is 0. The smallest absolute Gasteiger partial charge is 0.258 e. The number of nitrogens with zero attached hydrogens (tertiary/aromatic N) is 1. The van der Waals surface area contributed by atoms with Gasteiger partial charge in [-0.05, 0) is 43.0 Å². The van der Waals surface area contributed by atoms with Crippen molar-refractivity contribution in [2.24, 2.45) is 0 Å². The van der Waals surface area contributed by atoms with Gasteiger partial charge in [-0.3, -0.25) is 4.79 Å². The number of nitrogens with one attached hydrogen (secondary N) is 1. The monoisotopic (exact) mass is 278 g/mol. The van der Waals surface area contributed by atoms with Crippen molar-refractivity contribution in [3.8, 4) is 0 Å².